The Labute approximate surface area is 127 Å². The van der Waals surface area contributed by atoms with Gasteiger partial charge < -0.3 is 9.80 Å². The number of anilines is 1. The molecule has 1 fully saturated rings. The molecule has 3 heterocycles. The molecule has 1 saturated heterocycles. The lowest BCUT2D eigenvalue weighted by molar-refractivity contribution is 0.310. The van der Waals surface area contributed by atoms with E-state index < -0.39 is 0 Å². The van der Waals surface area contributed by atoms with Crippen LogP contribution in [0.3, 0.4) is 0 Å². The topological polar surface area (TPSA) is 49.6 Å². The minimum atomic E-state index is -0.309. The molecule has 2 aromatic heterocycles. The number of halogens is 1. The molecule has 4 rings (SSSR count). The fourth-order valence-corrected chi connectivity index (χ4v) is 2.95. The lowest BCUT2D eigenvalue weighted by Gasteiger charge is -2.33. The maximum Gasteiger partial charge on any atom is 0.229 e. The Morgan fingerprint density at radius 3 is 2.68 bits per heavy atom. The second-order valence-electron chi connectivity index (χ2n) is 5.84. The first-order chi connectivity index (χ1) is 10.6. The van der Waals surface area contributed by atoms with Gasteiger partial charge in [-0.25, -0.2) is 14.4 Å². The van der Waals surface area contributed by atoms with Crippen molar-refractivity contribution >= 4 is 22.5 Å². The van der Waals surface area contributed by atoms with Crippen LogP contribution in [0.25, 0.3) is 16.6 Å². The Morgan fingerprint density at radius 1 is 1.14 bits per heavy atom. The monoisotopic (exact) mass is 300 g/mol. The van der Waals surface area contributed by atoms with Crippen molar-refractivity contribution in [2.24, 2.45) is 0 Å². The predicted octanol–water partition coefficient (Wildman–Crippen LogP) is 1.48. The molecule has 0 unspecified atom stereocenters. The van der Waals surface area contributed by atoms with Gasteiger partial charge in [-0.05, 0) is 31.7 Å². The highest BCUT2D eigenvalue weighted by Crippen LogP contribution is 2.25. The number of hydrogen-bond donors (Lipinski definition) is 0. The Bertz CT molecular complexity index is 850. The van der Waals surface area contributed by atoms with Crippen LogP contribution in [0.1, 0.15) is 5.56 Å². The van der Waals surface area contributed by atoms with E-state index in [0.717, 1.165) is 31.7 Å². The summed E-state index contributed by atoms with van der Waals surface area (Å²) >= 11 is 0. The molecule has 0 N–H and O–H groups in total. The summed E-state index contributed by atoms with van der Waals surface area (Å²) in [6.07, 6.45) is 1.50. The Morgan fingerprint density at radius 2 is 1.91 bits per heavy atom. The molecule has 0 saturated carbocycles. The van der Waals surface area contributed by atoms with E-state index in [1.165, 1.54) is 12.4 Å². The van der Waals surface area contributed by atoms with Gasteiger partial charge >= 0.3 is 0 Å². The summed E-state index contributed by atoms with van der Waals surface area (Å²) in [5.41, 5.74) is 1.87. The van der Waals surface area contributed by atoms with Crippen LogP contribution in [0.15, 0.2) is 18.5 Å². The maximum absolute atomic E-state index is 14.3. The summed E-state index contributed by atoms with van der Waals surface area (Å²) in [5, 5.41) is 4.99. The third kappa shape index (κ3) is 2.00. The molecule has 3 aromatic rings. The van der Waals surface area contributed by atoms with E-state index in [-0.39, 0.29) is 5.82 Å². The number of hydrogen-bond acceptors (Lipinski definition) is 5. The normalized spacial score (nSPS) is 16.8. The van der Waals surface area contributed by atoms with Crippen molar-refractivity contribution in [3.63, 3.8) is 0 Å². The van der Waals surface area contributed by atoms with Crippen molar-refractivity contribution in [1.29, 1.82) is 0 Å². The molecule has 0 amide bonds. The van der Waals surface area contributed by atoms with Gasteiger partial charge in [0.15, 0.2) is 5.65 Å². The zero-order valence-corrected chi connectivity index (χ0v) is 12.6. The Balaban J connectivity index is 1.95. The molecule has 1 aliphatic heterocycles. The molecule has 0 aliphatic carbocycles. The molecule has 0 radical (unpaired) electrons. The molecule has 0 bridgehead atoms. The van der Waals surface area contributed by atoms with Gasteiger partial charge in [-0.15, -0.1) is 0 Å². The first-order valence-corrected chi connectivity index (χ1v) is 7.36. The van der Waals surface area contributed by atoms with Gasteiger partial charge in [0.05, 0.1) is 0 Å². The SMILES string of the molecule is Cc1cc(F)c2nc(N3CCN(C)CC3)n3ncnc3c2c1. The van der Waals surface area contributed by atoms with E-state index in [1.54, 1.807) is 4.52 Å². The summed E-state index contributed by atoms with van der Waals surface area (Å²) in [5.74, 6) is 0.353. The average Bonchev–Trinajstić information content (AvgIpc) is 2.97. The van der Waals surface area contributed by atoms with Crippen molar-refractivity contribution in [3.8, 4) is 0 Å². The van der Waals surface area contributed by atoms with Crippen molar-refractivity contribution in [3.05, 3.63) is 29.8 Å². The van der Waals surface area contributed by atoms with Crippen molar-refractivity contribution < 1.29 is 4.39 Å². The quantitative estimate of drug-likeness (QED) is 0.681. The molecule has 7 heteroatoms. The second-order valence-corrected chi connectivity index (χ2v) is 5.84. The maximum atomic E-state index is 14.3. The average molecular weight is 300 g/mol. The molecule has 1 aliphatic rings. The van der Waals surface area contributed by atoms with E-state index in [0.29, 0.717) is 22.5 Å². The number of aryl methyl sites for hydroxylation is 1. The minimum Gasteiger partial charge on any atom is -0.338 e. The number of rotatable bonds is 1. The zero-order valence-electron chi connectivity index (χ0n) is 12.6. The standard InChI is InChI=1S/C15H17FN6/c1-10-7-11-13(12(16)8-10)19-15(22-14(11)17-9-18-22)21-5-3-20(2)4-6-21/h7-9H,3-6H2,1-2H3. The molecule has 22 heavy (non-hydrogen) atoms. The lowest BCUT2D eigenvalue weighted by atomic mass is 10.1. The van der Waals surface area contributed by atoms with Crippen LogP contribution in [0.5, 0.6) is 0 Å². The molecule has 1 aromatic carbocycles. The molecular formula is C15H17FN6. The van der Waals surface area contributed by atoms with Crippen LogP contribution in [0.4, 0.5) is 10.3 Å². The number of fused-ring (bicyclic) bond motifs is 3. The third-order valence-corrected chi connectivity index (χ3v) is 4.18. The molecular weight excluding hydrogens is 283 g/mol. The Kier molecular flexibility index (Phi) is 2.97. The lowest BCUT2D eigenvalue weighted by Crippen LogP contribution is -2.45. The van der Waals surface area contributed by atoms with Gasteiger partial charge in [-0.1, -0.05) is 0 Å². The van der Waals surface area contributed by atoms with E-state index in [2.05, 4.69) is 31.9 Å². The smallest absolute Gasteiger partial charge is 0.229 e. The molecule has 0 atom stereocenters. The molecule has 0 spiro atoms. The molecule has 6 nitrogen and oxygen atoms in total. The largest absolute Gasteiger partial charge is 0.338 e. The number of nitrogens with zero attached hydrogens (tertiary/aromatic N) is 6. The summed E-state index contributed by atoms with van der Waals surface area (Å²) in [4.78, 5) is 13.3. The van der Waals surface area contributed by atoms with Crippen molar-refractivity contribution in [1.82, 2.24) is 24.5 Å². The van der Waals surface area contributed by atoms with Crippen molar-refractivity contribution in [2.45, 2.75) is 6.92 Å². The van der Waals surface area contributed by atoms with Gasteiger partial charge in [0.1, 0.15) is 17.7 Å². The first kappa shape index (κ1) is 13.4. The first-order valence-electron chi connectivity index (χ1n) is 7.36. The van der Waals surface area contributed by atoms with Gasteiger partial charge in [0.2, 0.25) is 5.95 Å². The summed E-state index contributed by atoms with van der Waals surface area (Å²) in [6, 6.07) is 3.42. The van der Waals surface area contributed by atoms with Gasteiger partial charge in [0.25, 0.3) is 0 Å². The highest BCUT2D eigenvalue weighted by atomic mass is 19.1. The highest BCUT2D eigenvalue weighted by molar-refractivity contribution is 5.93. The minimum absolute atomic E-state index is 0.309. The van der Waals surface area contributed by atoms with Crippen LogP contribution in [0, 0.1) is 12.7 Å². The van der Waals surface area contributed by atoms with Gasteiger partial charge in [0, 0.05) is 31.6 Å². The Hall–Kier alpha value is -2.28. The number of likely N-dealkylation sites (N-methyl/N-ethyl adjacent to an activating group) is 1. The van der Waals surface area contributed by atoms with E-state index >= 15 is 0 Å². The number of piperazine rings is 1. The number of aromatic nitrogens is 4. The van der Waals surface area contributed by atoms with Crippen LogP contribution in [-0.4, -0.2) is 57.7 Å². The van der Waals surface area contributed by atoms with Crippen molar-refractivity contribution in [2.75, 3.05) is 38.1 Å². The van der Waals surface area contributed by atoms with Crippen LogP contribution >= 0.6 is 0 Å². The van der Waals surface area contributed by atoms with Crippen LogP contribution < -0.4 is 4.90 Å². The molecule has 114 valence electrons. The zero-order chi connectivity index (χ0) is 15.3. The predicted molar refractivity (Wildman–Crippen MR) is 82.7 cm³/mol. The highest BCUT2D eigenvalue weighted by Gasteiger charge is 2.21. The van der Waals surface area contributed by atoms with Crippen LogP contribution in [-0.2, 0) is 0 Å². The summed E-state index contributed by atoms with van der Waals surface area (Å²) < 4.78 is 16.1. The van der Waals surface area contributed by atoms with Gasteiger partial charge in [-0.3, -0.25) is 0 Å². The van der Waals surface area contributed by atoms with E-state index in [4.69, 9.17) is 0 Å². The summed E-state index contributed by atoms with van der Waals surface area (Å²) in [6.45, 7) is 5.46. The fourth-order valence-electron chi connectivity index (χ4n) is 2.95. The van der Waals surface area contributed by atoms with Gasteiger partial charge in [-0.2, -0.15) is 9.61 Å². The summed E-state index contributed by atoms with van der Waals surface area (Å²) in [7, 11) is 2.10. The number of benzene rings is 1. The fraction of sp³-hybridized carbons (Fsp3) is 0.400. The second kappa shape index (κ2) is 4.88. The third-order valence-electron chi connectivity index (χ3n) is 4.18. The van der Waals surface area contributed by atoms with E-state index in [1.807, 2.05) is 13.0 Å². The van der Waals surface area contributed by atoms with Crippen LogP contribution in [0.2, 0.25) is 0 Å². The van der Waals surface area contributed by atoms with E-state index in [9.17, 15) is 4.39 Å².